The summed E-state index contributed by atoms with van der Waals surface area (Å²) >= 11 is 0. The molecule has 0 bridgehead atoms. The topological polar surface area (TPSA) is 108 Å². The Hall–Kier alpha value is -1.77. The highest BCUT2D eigenvalue weighted by Gasteiger charge is 2.27. The Kier molecular flexibility index (Phi) is 35.6. The summed E-state index contributed by atoms with van der Waals surface area (Å²) in [4.78, 5) is 35.3. The third-order valence-corrected chi connectivity index (χ3v) is 10.1. The average Bonchev–Trinajstić information content (AvgIpc) is 3.12. The molecule has 0 saturated heterocycles. The molecule has 0 saturated carbocycles. The van der Waals surface area contributed by atoms with Crippen molar-refractivity contribution in [3.8, 4) is 0 Å². The molecule has 0 heterocycles. The van der Waals surface area contributed by atoms with E-state index >= 15 is 0 Å². The van der Waals surface area contributed by atoms with Gasteiger partial charge in [0.1, 0.15) is 19.8 Å². The Morgan fingerprint density at radius 1 is 0.574 bits per heavy atom. The smallest absolute Gasteiger partial charge is 0.462 e. The number of likely N-dealkylation sites (N-methyl/N-ethyl adjacent to an activating group) is 1. The van der Waals surface area contributed by atoms with Crippen molar-refractivity contribution in [2.24, 2.45) is 0 Å². The SMILES string of the molecule is CCCCC/C=C\C/C=C\CCCCCCCC(=O)OC[C@H](COP(=O)(O)OCC[N+](C)(C)C)OC(=O)CCCCCCC/C=C\CCCCCCCC. The molecule has 0 fully saturated rings. The molecule has 1 N–H and O–H groups in total. The second-order valence-electron chi connectivity index (χ2n) is 15.7. The quantitative estimate of drug-likeness (QED) is 0.0216. The van der Waals surface area contributed by atoms with E-state index in [2.05, 4.69) is 50.3 Å². The maximum absolute atomic E-state index is 12.7. The summed E-state index contributed by atoms with van der Waals surface area (Å²) in [6.45, 7) is 4.36. The molecule has 0 aromatic carbocycles. The lowest BCUT2D eigenvalue weighted by atomic mass is 10.1. The van der Waals surface area contributed by atoms with Gasteiger partial charge in [-0.3, -0.25) is 18.6 Å². The summed E-state index contributed by atoms with van der Waals surface area (Å²) in [7, 11) is 1.46. The number of hydrogen-bond acceptors (Lipinski definition) is 7. The number of phosphoric acid groups is 1. The van der Waals surface area contributed by atoms with E-state index in [1.807, 2.05) is 21.1 Å². The van der Waals surface area contributed by atoms with Gasteiger partial charge in [-0.25, -0.2) is 4.57 Å². The fourth-order valence-corrected chi connectivity index (χ4v) is 6.43. The molecule has 0 aromatic rings. The van der Waals surface area contributed by atoms with E-state index in [1.165, 1.54) is 70.6 Å². The highest BCUT2D eigenvalue weighted by Crippen LogP contribution is 2.43. The maximum atomic E-state index is 12.7. The summed E-state index contributed by atoms with van der Waals surface area (Å²) in [6.07, 6.45) is 40.4. The normalized spacial score (nSPS) is 14.0. The van der Waals surface area contributed by atoms with Crippen LogP contribution in [-0.4, -0.2) is 74.9 Å². The highest BCUT2D eigenvalue weighted by atomic mass is 31.2. The van der Waals surface area contributed by atoms with Crippen LogP contribution in [0.4, 0.5) is 0 Å². The molecule has 10 heteroatoms. The van der Waals surface area contributed by atoms with Crippen LogP contribution in [0.1, 0.15) is 181 Å². The number of carbonyl (C=O) groups excluding carboxylic acids is 2. The predicted octanol–water partition coefficient (Wildman–Crippen LogP) is 12.1. The van der Waals surface area contributed by atoms with Gasteiger partial charge in [-0.1, -0.05) is 134 Å². The van der Waals surface area contributed by atoms with Crippen molar-refractivity contribution in [2.75, 3.05) is 47.5 Å². The number of allylic oxidation sites excluding steroid dienone is 6. The third kappa shape index (κ3) is 39.9. The number of nitrogens with zero attached hydrogens (tertiary/aromatic N) is 1. The largest absolute Gasteiger partial charge is 0.472 e. The molecule has 0 amide bonds. The maximum Gasteiger partial charge on any atom is 0.472 e. The van der Waals surface area contributed by atoms with Crippen molar-refractivity contribution in [2.45, 2.75) is 187 Å². The molecule has 0 aromatic heterocycles. The molecule has 9 nitrogen and oxygen atoms in total. The lowest BCUT2D eigenvalue weighted by Gasteiger charge is -2.24. The molecular weight excluding hydrogens is 701 g/mol. The summed E-state index contributed by atoms with van der Waals surface area (Å²) in [6, 6.07) is 0. The number of phosphoric ester groups is 1. The Balaban J connectivity index is 4.41. The van der Waals surface area contributed by atoms with Gasteiger partial charge in [0.15, 0.2) is 6.10 Å². The zero-order valence-corrected chi connectivity index (χ0v) is 36.3. The minimum atomic E-state index is -4.38. The number of ether oxygens (including phenoxy) is 2. The van der Waals surface area contributed by atoms with Crippen LogP contribution in [0.5, 0.6) is 0 Å². The van der Waals surface area contributed by atoms with E-state index in [0.29, 0.717) is 17.4 Å². The number of hydrogen-bond donors (Lipinski definition) is 1. The summed E-state index contributed by atoms with van der Waals surface area (Å²) in [5.41, 5.74) is 0. The summed E-state index contributed by atoms with van der Waals surface area (Å²) in [5, 5.41) is 0. The van der Waals surface area contributed by atoms with Crippen LogP contribution >= 0.6 is 7.82 Å². The van der Waals surface area contributed by atoms with Gasteiger partial charge in [-0.2, -0.15) is 0 Å². The van der Waals surface area contributed by atoms with Gasteiger partial charge in [0.25, 0.3) is 0 Å². The molecule has 0 rings (SSSR count). The molecule has 0 radical (unpaired) electrons. The highest BCUT2D eigenvalue weighted by molar-refractivity contribution is 7.47. The lowest BCUT2D eigenvalue weighted by molar-refractivity contribution is -0.870. The lowest BCUT2D eigenvalue weighted by Crippen LogP contribution is -2.37. The Morgan fingerprint density at radius 2 is 1.00 bits per heavy atom. The number of rotatable bonds is 39. The standard InChI is InChI=1S/C44H82NO8P/c1-6-8-10-12-14-16-18-20-22-24-26-28-30-32-34-36-43(46)50-40-42(41-52-54(48,49)51-39-38-45(3,4)5)53-44(47)37-35-33-31-29-27-25-23-21-19-17-15-13-11-9-7-2/h14,16,20-23,42H,6-13,15,17-19,24-41H2,1-5H3/p+1/b16-14-,22-20-,23-21-/t42-/m1/s1. The third-order valence-electron chi connectivity index (χ3n) is 9.14. The molecule has 0 aliphatic carbocycles. The fraction of sp³-hybridized carbons (Fsp3) is 0.818. The van der Waals surface area contributed by atoms with Gasteiger partial charge < -0.3 is 18.9 Å². The molecule has 1 unspecified atom stereocenters. The minimum absolute atomic E-state index is 0.0275. The van der Waals surface area contributed by atoms with Crippen LogP contribution < -0.4 is 0 Å². The van der Waals surface area contributed by atoms with Crippen LogP contribution in [0, 0.1) is 0 Å². The predicted molar refractivity (Wildman–Crippen MR) is 224 cm³/mol. The molecule has 0 aliphatic heterocycles. The zero-order valence-electron chi connectivity index (χ0n) is 35.5. The first-order valence-corrected chi connectivity index (χ1v) is 23.2. The van der Waals surface area contributed by atoms with Gasteiger partial charge in [0, 0.05) is 12.8 Å². The first-order chi connectivity index (χ1) is 26.0. The second kappa shape index (κ2) is 36.8. The van der Waals surface area contributed by atoms with Crippen molar-refractivity contribution >= 4 is 19.8 Å². The van der Waals surface area contributed by atoms with Crippen molar-refractivity contribution in [3.05, 3.63) is 36.5 Å². The van der Waals surface area contributed by atoms with Crippen molar-refractivity contribution in [1.82, 2.24) is 0 Å². The van der Waals surface area contributed by atoms with Gasteiger partial charge in [-0.05, 0) is 70.6 Å². The van der Waals surface area contributed by atoms with Crippen LogP contribution in [-0.2, 0) is 32.7 Å². The molecular formula is C44H83NO8P+. The van der Waals surface area contributed by atoms with Crippen LogP contribution in [0.15, 0.2) is 36.5 Å². The van der Waals surface area contributed by atoms with Crippen molar-refractivity contribution in [3.63, 3.8) is 0 Å². The van der Waals surface area contributed by atoms with Gasteiger partial charge >= 0.3 is 19.8 Å². The van der Waals surface area contributed by atoms with E-state index < -0.39 is 26.5 Å². The van der Waals surface area contributed by atoms with E-state index in [-0.39, 0.29) is 32.0 Å². The summed E-state index contributed by atoms with van der Waals surface area (Å²) < 4.78 is 34.3. The fourth-order valence-electron chi connectivity index (χ4n) is 5.68. The number of carbonyl (C=O) groups is 2. The number of quaternary nitrogens is 1. The minimum Gasteiger partial charge on any atom is -0.462 e. The van der Waals surface area contributed by atoms with Gasteiger partial charge in [0.2, 0.25) is 0 Å². The van der Waals surface area contributed by atoms with Crippen LogP contribution in [0.2, 0.25) is 0 Å². The molecule has 316 valence electrons. The number of esters is 2. The monoisotopic (exact) mass is 785 g/mol. The van der Waals surface area contributed by atoms with E-state index in [9.17, 15) is 19.0 Å². The summed E-state index contributed by atoms with van der Waals surface area (Å²) in [5.74, 6) is -0.824. The van der Waals surface area contributed by atoms with Crippen molar-refractivity contribution < 1.29 is 42.1 Å². The van der Waals surface area contributed by atoms with E-state index in [1.54, 1.807) is 0 Å². The van der Waals surface area contributed by atoms with Gasteiger partial charge in [0.05, 0.1) is 27.7 Å². The Bertz CT molecular complexity index is 1020. The number of unbranched alkanes of at least 4 members (excludes halogenated alkanes) is 19. The molecule has 2 atom stereocenters. The Morgan fingerprint density at radius 3 is 1.52 bits per heavy atom. The first kappa shape index (κ1) is 52.2. The van der Waals surface area contributed by atoms with E-state index in [4.69, 9.17) is 18.5 Å². The van der Waals surface area contributed by atoms with E-state index in [0.717, 1.165) is 77.0 Å². The zero-order chi connectivity index (χ0) is 40.0. The average molecular weight is 785 g/mol. The Labute approximate surface area is 331 Å². The van der Waals surface area contributed by atoms with Crippen LogP contribution in [0.3, 0.4) is 0 Å². The first-order valence-electron chi connectivity index (χ1n) is 21.7. The molecule has 54 heavy (non-hydrogen) atoms. The second-order valence-corrected chi connectivity index (χ2v) is 17.2. The van der Waals surface area contributed by atoms with Gasteiger partial charge in [-0.15, -0.1) is 0 Å². The molecule has 0 aliphatic rings. The van der Waals surface area contributed by atoms with Crippen LogP contribution in [0.25, 0.3) is 0 Å². The van der Waals surface area contributed by atoms with Crippen molar-refractivity contribution in [1.29, 1.82) is 0 Å². The molecule has 0 spiro atoms.